The van der Waals surface area contributed by atoms with Crippen molar-refractivity contribution in [3.05, 3.63) is 48.0 Å². The molecule has 0 spiro atoms. The van der Waals surface area contributed by atoms with E-state index in [4.69, 9.17) is 9.84 Å². The van der Waals surface area contributed by atoms with E-state index in [-0.39, 0.29) is 35.5 Å². The number of hydrogen-bond acceptors (Lipinski definition) is 4. The largest absolute Gasteiger partial charge is 0.504 e. The first-order valence-electron chi connectivity index (χ1n) is 6.52. The van der Waals surface area contributed by atoms with E-state index in [1.165, 1.54) is 6.07 Å². The van der Waals surface area contributed by atoms with Gasteiger partial charge in [0.2, 0.25) is 0 Å². The Morgan fingerprint density at radius 1 is 1.00 bits per heavy atom. The zero-order chi connectivity index (χ0) is 14.5. The van der Waals surface area contributed by atoms with E-state index in [1.807, 2.05) is 6.92 Å². The quantitative estimate of drug-likeness (QED) is 0.781. The number of ether oxygens (including phenoxy) is 1. The molecule has 0 radical (unpaired) electrons. The minimum Gasteiger partial charge on any atom is -0.504 e. The lowest BCUT2D eigenvalue weighted by Gasteiger charge is -2.15. The van der Waals surface area contributed by atoms with E-state index in [1.54, 1.807) is 36.4 Å². The lowest BCUT2D eigenvalue weighted by molar-refractivity contribution is 0.277. The van der Waals surface area contributed by atoms with Crippen LogP contribution in [-0.4, -0.2) is 21.9 Å². The van der Waals surface area contributed by atoms with E-state index < -0.39 is 0 Å². The Morgan fingerprint density at radius 3 is 2.40 bits per heavy atom. The summed E-state index contributed by atoms with van der Waals surface area (Å²) in [7, 11) is 0. The fraction of sp³-hybridized carbons (Fsp3) is 0.250. The van der Waals surface area contributed by atoms with Gasteiger partial charge >= 0.3 is 0 Å². The molecule has 0 saturated carbocycles. The maximum absolute atomic E-state index is 10.2. The fourth-order valence-corrected chi connectivity index (χ4v) is 2.03. The molecule has 2 aromatic carbocycles. The second-order valence-corrected chi connectivity index (χ2v) is 4.68. The molecule has 0 aromatic heterocycles. The zero-order valence-corrected chi connectivity index (χ0v) is 11.3. The number of rotatable bonds is 5. The van der Waals surface area contributed by atoms with E-state index >= 15 is 0 Å². The Hall–Kier alpha value is -2.20. The summed E-state index contributed by atoms with van der Waals surface area (Å²) in [6.07, 6.45) is 0.563. The molecule has 0 saturated heterocycles. The molecule has 3 N–H and O–H groups in total. The first kappa shape index (κ1) is 14.2. The summed E-state index contributed by atoms with van der Waals surface area (Å²) in [5, 5.41) is 28.9. The van der Waals surface area contributed by atoms with Crippen LogP contribution in [0, 0.1) is 0 Å². The fourth-order valence-electron chi connectivity index (χ4n) is 2.03. The second kappa shape index (κ2) is 6.30. The van der Waals surface area contributed by atoms with Gasteiger partial charge in [0.25, 0.3) is 0 Å². The lowest BCUT2D eigenvalue weighted by Crippen LogP contribution is -1.98. The molecular formula is C16H18O4. The highest BCUT2D eigenvalue weighted by Gasteiger charge is 2.15. The van der Waals surface area contributed by atoms with Crippen LogP contribution in [0.5, 0.6) is 23.0 Å². The summed E-state index contributed by atoms with van der Waals surface area (Å²) in [6, 6.07) is 11.8. The van der Waals surface area contributed by atoms with Gasteiger partial charge in [0.05, 0.1) is 0 Å². The van der Waals surface area contributed by atoms with Crippen LogP contribution in [0.3, 0.4) is 0 Å². The summed E-state index contributed by atoms with van der Waals surface area (Å²) in [6.45, 7) is 1.99. The predicted octanol–water partition coefficient (Wildman–Crippen LogP) is 3.38. The molecule has 2 aromatic rings. The molecule has 106 valence electrons. The maximum atomic E-state index is 10.2. The standard InChI is InChI=1S/C16H18O4/c1-11(9-10-17)12-5-4-8-15(16(12)19)20-14-7-3-2-6-13(14)18/h2-8,11,17-19H,9-10H2,1H3. The third kappa shape index (κ3) is 3.03. The van der Waals surface area contributed by atoms with Gasteiger partial charge in [-0.25, -0.2) is 0 Å². The molecular weight excluding hydrogens is 256 g/mol. The van der Waals surface area contributed by atoms with E-state index in [2.05, 4.69) is 0 Å². The molecule has 4 nitrogen and oxygen atoms in total. The number of phenols is 2. The van der Waals surface area contributed by atoms with Gasteiger partial charge in [0, 0.05) is 12.2 Å². The summed E-state index contributed by atoms with van der Waals surface area (Å²) in [5.74, 6) is 0.647. The van der Waals surface area contributed by atoms with Crippen LogP contribution >= 0.6 is 0 Å². The van der Waals surface area contributed by atoms with Crippen molar-refractivity contribution in [1.82, 2.24) is 0 Å². The third-order valence-corrected chi connectivity index (χ3v) is 3.21. The van der Waals surface area contributed by atoms with Crippen molar-refractivity contribution in [3.8, 4) is 23.0 Å². The van der Waals surface area contributed by atoms with Crippen molar-refractivity contribution in [3.63, 3.8) is 0 Å². The number of aromatic hydroxyl groups is 2. The molecule has 4 heteroatoms. The first-order chi connectivity index (χ1) is 9.63. The van der Waals surface area contributed by atoms with Gasteiger partial charge in [-0.3, -0.25) is 0 Å². The highest BCUT2D eigenvalue weighted by atomic mass is 16.5. The van der Waals surface area contributed by atoms with Crippen LogP contribution in [0.2, 0.25) is 0 Å². The Morgan fingerprint density at radius 2 is 1.70 bits per heavy atom. The van der Waals surface area contributed by atoms with Gasteiger partial charge in [0.15, 0.2) is 23.0 Å². The van der Waals surface area contributed by atoms with Gasteiger partial charge in [0.1, 0.15) is 0 Å². The van der Waals surface area contributed by atoms with Gasteiger partial charge < -0.3 is 20.1 Å². The molecule has 0 amide bonds. The lowest BCUT2D eigenvalue weighted by atomic mass is 9.97. The molecule has 0 fully saturated rings. The smallest absolute Gasteiger partial charge is 0.169 e. The van der Waals surface area contributed by atoms with Crippen LogP contribution in [0.4, 0.5) is 0 Å². The van der Waals surface area contributed by atoms with Crippen molar-refractivity contribution in [1.29, 1.82) is 0 Å². The molecule has 1 unspecified atom stereocenters. The molecule has 0 aliphatic heterocycles. The third-order valence-electron chi connectivity index (χ3n) is 3.21. The predicted molar refractivity (Wildman–Crippen MR) is 76.4 cm³/mol. The van der Waals surface area contributed by atoms with Crippen molar-refractivity contribution >= 4 is 0 Å². The van der Waals surface area contributed by atoms with Gasteiger partial charge in [-0.15, -0.1) is 0 Å². The van der Waals surface area contributed by atoms with Crippen molar-refractivity contribution in [2.45, 2.75) is 19.3 Å². The zero-order valence-electron chi connectivity index (χ0n) is 11.3. The van der Waals surface area contributed by atoms with Crippen LogP contribution in [0.15, 0.2) is 42.5 Å². The minimum absolute atomic E-state index is 0.0145. The van der Waals surface area contributed by atoms with Crippen LogP contribution in [0.25, 0.3) is 0 Å². The Kier molecular flexibility index (Phi) is 4.48. The van der Waals surface area contributed by atoms with Gasteiger partial charge in [-0.1, -0.05) is 31.2 Å². The summed E-state index contributed by atoms with van der Waals surface area (Å²) in [4.78, 5) is 0. The minimum atomic E-state index is 0.0145. The SMILES string of the molecule is CC(CCO)c1cccc(Oc2ccccc2O)c1O. The van der Waals surface area contributed by atoms with Crippen LogP contribution < -0.4 is 4.74 Å². The highest BCUT2D eigenvalue weighted by Crippen LogP contribution is 2.39. The van der Waals surface area contributed by atoms with Gasteiger partial charge in [-0.2, -0.15) is 0 Å². The van der Waals surface area contributed by atoms with Gasteiger partial charge in [-0.05, 0) is 30.5 Å². The van der Waals surface area contributed by atoms with E-state index in [9.17, 15) is 10.2 Å². The number of para-hydroxylation sites is 3. The summed E-state index contributed by atoms with van der Waals surface area (Å²) < 4.78 is 5.55. The number of aliphatic hydroxyl groups is 1. The number of benzene rings is 2. The number of hydrogen-bond donors (Lipinski definition) is 3. The average molecular weight is 274 g/mol. The van der Waals surface area contributed by atoms with E-state index in [0.29, 0.717) is 12.0 Å². The molecule has 20 heavy (non-hydrogen) atoms. The van der Waals surface area contributed by atoms with Crippen molar-refractivity contribution < 1.29 is 20.1 Å². The maximum Gasteiger partial charge on any atom is 0.169 e. The Labute approximate surface area is 117 Å². The molecule has 1 atom stereocenters. The second-order valence-electron chi connectivity index (χ2n) is 4.68. The van der Waals surface area contributed by atoms with Crippen LogP contribution in [0.1, 0.15) is 24.8 Å². The molecule has 0 aliphatic carbocycles. The summed E-state index contributed by atoms with van der Waals surface area (Å²) in [5.41, 5.74) is 0.715. The molecule has 2 rings (SSSR count). The Balaban J connectivity index is 2.29. The molecule has 0 aliphatic rings. The normalized spacial score (nSPS) is 12.1. The van der Waals surface area contributed by atoms with Crippen LogP contribution in [-0.2, 0) is 0 Å². The first-order valence-corrected chi connectivity index (χ1v) is 6.52. The average Bonchev–Trinajstić information content (AvgIpc) is 2.43. The highest BCUT2D eigenvalue weighted by molar-refractivity contribution is 5.50. The Bertz CT molecular complexity index is 580. The monoisotopic (exact) mass is 274 g/mol. The topological polar surface area (TPSA) is 69.9 Å². The van der Waals surface area contributed by atoms with Crippen molar-refractivity contribution in [2.24, 2.45) is 0 Å². The molecule has 0 heterocycles. The number of aliphatic hydroxyl groups excluding tert-OH is 1. The summed E-state index contributed by atoms with van der Waals surface area (Å²) >= 11 is 0. The number of phenolic OH excluding ortho intramolecular Hbond substituents is 2. The molecule has 0 bridgehead atoms. The van der Waals surface area contributed by atoms with Crippen molar-refractivity contribution in [2.75, 3.05) is 6.61 Å². The van der Waals surface area contributed by atoms with E-state index in [0.717, 1.165) is 0 Å².